The van der Waals surface area contributed by atoms with Gasteiger partial charge in [0, 0.05) is 35.6 Å². The van der Waals surface area contributed by atoms with Crippen LogP contribution in [0.25, 0.3) is 20.3 Å². The third-order valence-corrected chi connectivity index (χ3v) is 7.93. The van der Waals surface area contributed by atoms with Crippen molar-refractivity contribution in [3.63, 3.8) is 0 Å². The van der Waals surface area contributed by atoms with Crippen molar-refractivity contribution >= 4 is 65.6 Å². The fraction of sp³-hybridized carbons (Fsp3) is 0.208. The lowest BCUT2D eigenvalue weighted by molar-refractivity contribution is 0.0990. The normalized spacial score (nSPS) is 11.3. The van der Waals surface area contributed by atoms with Crippen LogP contribution in [-0.2, 0) is 6.54 Å². The van der Waals surface area contributed by atoms with Gasteiger partial charge in [-0.25, -0.2) is 9.97 Å². The molecule has 0 bridgehead atoms. The van der Waals surface area contributed by atoms with E-state index >= 15 is 0 Å². The average molecular weight is 497 g/mol. The Hall–Kier alpha value is -2.94. The molecule has 168 valence electrons. The summed E-state index contributed by atoms with van der Waals surface area (Å²) in [5, 5.41) is 2.05. The number of halogens is 1. The van der Waals surface area contributed by atoms with Crippen LogP contribution in [0.15, 0.2) is 61.2 Å². The van der Waals surface area contributed by atoms with Gasteiger partial charge in [-0.1, -0.05) is 41.1 Å². The molecule has 0 spiro atoms. The van der Waals surface area contributed by atoms with Crippen molar-refractivity contribution in [2.24, 2.45) is 0 Å². The molecule has 0 aliphatic carbocycles. The molecule has 0 radical (unpaired) electrons. The number of rotatable bonds is 8. The lowest BCUT2D eigenvalue weighted by atomic mass is 10.2. The Balaban J connectivity index is 1.49. The van der Waals surface area contributed by atoms with Gasteiger partial charge in [0.05, 0.1) is 28.2 Å². The number of aromatic nitrogens is 3. The monoisotopic (exact) mass is 496 g/mol. The van der Waals surface area contributed by atoms with Crippen molar-refractivity contribution in [1.82, 2.24) is 14.5 Å². The molecule has 0 fully saturated rings. The lowest BCUT2D eigenvalue weighted by Crippen LogP contribution is -2.32. The van der Waals surface area contributed by atoms with Crippen LogP contribution in [0.4, 0.5) is 5.13 Å². The van der Waals surface area contributed by atoms with E-state index in [-0.39, 0.29) is 5.91 Å². The van der Waals surface area contributed by atoms with Crippen LogP contribution in [0.1, 0.15) is 23.0 Å². The molecular formula is C24H21ClN4O2S2. The van der Waals surface area contributed by atoms with Crippen LogP contribution in [0.2, 0.25) is 5.02 Å². The van der Waals surface area contributed by atoms with Crippen molar-refractivity contribution in [3.05, 3.63) is 71.1 Å². The Bertz CT molecular complexity index is 1410. The Kier molecular flexibility index (Phi) is 6.30. The Morgan fingerprint density at radius 2 is 2.06 bits per heavy atom. The van der Waals surface area contributed by atoms with Gasteiger partial charge >= 0.3 is 0 Å². The van der Waals surface area contributed by atoms with Gasteiger partial charge in [0.25, 0.3) is 5.91 Å². The number of ether oxygens (including phenoxy) is 1. The first-order chi connectivity index (χ1) is 16.1. The zero-order valence-corrected chi connectivity index (χ0v) is 20.3. The number of carbonyl (C=O) groups excluding carboxylic acids is 1. The highest BCUT2D eigenvalue weighted by atomic mass is 35.5. The highest BCUT2D eigenvalue weighted by molar-refractivity contribution is 7.23. The third-order valence-electron chi connectivity index (χ3n) is 5.22. The number of nitrogens with zero attached hydrogens (tertiary/aromatic N) is 4. The van der Waals surface area contributed by atoms with Crippen LogP contribution in [-0.4, -0.2) is 33.6 Å². The number of thiazole rings is 1. The minimum Gasteiger partial charge on any atom is -0.494 e. The van der Waals surface area contributed by atoms with Gasteiger partial charge in [0.15, 0.2) is 5.13 Å². The van der Waals surface area contributed by atoms with E-state index in [4.69, 9.17) is 21.3 Å². The van der Waals surface area contributed by atoms with E-state index in [1.54, 1.807) is 17.4 Å². The molecule has 3 aromatic heterocycles. The maximum absolute atomic E-state index is 13.7. The molecule has 0 saturated carbocycles. The zero-order chi connectivity index (χ0) is 22.8. The molecule has 0 unspecified atom stereocenters. The number of hydrogen-bond acceptors (Lipinski definition) is 6. The molecule has 5 rings (SSSR count). The van der Waals surface area contributed by atoms with Crippen LogP contribution in [0.5, 0.6) is 5.75 Å². The van der Waals surface area contributed by atoms with Crippen molar-refractivity contribution in [1.29, 1.82) is 0 Å². The van der Waals surface area contributed by atoms with Crippen molar-refractivity contribution in [2.75, 3.05) is 18.1 Å². The summed E-state index contributed by atoms with van der Waals surface area (Å²) in [6, 6.07) is 13.6. The van der Waals surface area contributed by atoms with E-state index in [2.05, 4.69) is 4.98 Å². The second kappa shape index (κ2) is 9.51. The van der Waals surface area contributed by atoms with Crippen LogP contribution < -0.4 is 9.64 Å². The number of benzene rings is 2. The SMILES string of the molecule is CCOc1ccc2nc(N(CCCn3ccnc3)C(=O)c3sc4ccccc4c3Cl)sc2c1. The highest BCUT2D eigenvalue weighted by Gasteiger charge is 2.26. The van der Waals surface area contributed by atoms with Gasteiger partial charge in [-0.15, -0.1) is 11.3 Å². The molecular weight excluding hydrogens is 476 g/mol. The zero-order valence-electron chi connectivity index (χ0n) is 17.9. The molecule has 5 aromatic rings. The number of fused-ring (bicyclic) bond motifs is 2. The first-order valence-electron chi connectivity index (χ1n) is 10.6. The lowest BCUT2D eigenvalue weighted by Gasteiger charge is -2.19. The number of hydrogen-bond donors (Lipinski definition) is 0. The Labute approximate surface area is 204 Å². The molecule has 3 heterocycles. The van der Waals surface area contributed by atoms with E-state index in [0.717, 1.165) is 39.0 Å². The number of aryl methyl sites for hydroxylation is 1. The van der Waals surface area contributed by atoms with Crippen molar-refractivity contribution < 1.29 is 9.53 Å². The maximum Gasteiger partial charge on any atom is 0.271 e. The number of amides is 1. The summed E-state index contributed by atoms with van der Waals surface area (Å²) in [6.45, 7) is 3.82. The summed E-state index contributed by atoms with van der Waals surface area (Å²) in [6.07, 6.45) is 6.21. The van der Waals surface area contributed by atoms with Gasteiger partial charge in [0.2, 0.25) is 0 Å². The smallest absolute Gasteiger partial charge is 0.271 e. The Morgan fingerprint density at radius 1 is 1.18 bits per heavy atom. The summed E-state index contributed by atoms with van der Waals surface area (Å²) < 4.78 is 9.60. The van der Waals surface area contributed by atoms with E-state index < -0.39 is 0 Å². The van der Waals surface area contributed by atoms with Crippen LogP contribution >= 0.6 is 34.3 Å². The van der Waals surface area contributed by atoms with Crippen LogP contribution in [0.3, 0.4) is 0 Å². The predicted molar refractivity (Wildman–Crippen MR) is 136 cm³/mol. The minimum atomic E-state index is -0.129. The Morgan fingerprint density at radius 3 is 2.85 bits per heavy atom. The molecule has 33 heavy (non-hydrogen) atoms. The third kappa shape index (κ3) is 4.46. The molecule has 0 atom stereocenters. The summed E-state index contributed by atoms with van der Waals surface area (Å²) in [4.78, 5) is 24.9. The van der Waals surface area contributed by atoms with E-state index in [0.29, 0.717) is 28.2 Å². The number of thiophene rings is 1. The molecule has 6 nitrogen and oxygen atoms in total. The number of carbonyl (C=O) groups is 1. The minimum absolute atomic E-state index is 0.129. The van der Waals surface area contributed by atoms with E-state index in [1.807, 2.05) is 60.2 Å². The maximum atomic E-state index is 13.7. The quantitative estimate of drug-likeness (QED) is 0.246. The van der Waals surface area contributed by atoms with Crippen LogP contribution in [0, 0.1) is 0 Å². The first kappa shape index (κ1) is 21.9. The van der Waals surface area contributed by atoms with Gasteiger partial charge < -0.3 is 9.30 Å². The van der Waals surface area contributed by atoms with E-state index in [1.165, 1.54) is 22.7 Å². The largest absolute Gasteiger partial charge is 0.494 e. The predicted octanol–water partition coefficient (Wildman–Crippen LogP) is 6.50. The average Bonchev–Trinajstić information content (AvgIpc) is 3.56. The highest BCUT2D eigenvalue weighted by Crippen LogP contribution is 2.38. The first-order valence-corrected chi connectivity index (χ1v) is 12.6. The summed E-state index contributed by atoms with van der Waals surface area (Å²) in [5.41, 5.74) is 0.841. The standard InChI is InChI=1S/C24H21ClN4O2S2/c1-2-31-16-8-9-18-20(14-16)33-24(27-18)29(12-5-11-28-13-10-26-15-28)23(30)22-21(25)17-6-3-4-7-19(17)32-22/h3-4,6-10,13-15H,2,5,11-12H2,1H3. The topological polar surface area (TPSA) is 60.2 Å². The molecule has 0 N–H and O–H groups in total. The summed E-state index contributed by atoms with van der Waals surface area (Å²) in [5.74, 6) is 0.668. The fourth-order valence-corrected chi connectivity index (χ4v) is 6.13. The molecule has 9 heteroatoms. The molecule has 0 aliphatic heterocycles. The second-order valence-corrected chi connectivity index (χ2v) is 9.85. The number of anilines is 1. The molecule has 0 saturated heterocycles. The summed E-state index contributed by atoms with van der Waals surface area (Å²) >= 11 is 9.56. The summed E-state index contributed by atoms with van der Waals surface area (Å²) in [7, 11) is 0. The van der Waals surface area contributed by atoms with Crippen molar-refractivity contribution in [3.8, 4) is 5.75 Å². The van der Waals surface area contributed by atoms with E-state index in [9.17, 15) is 4.79 Å². The van der Waals surface area contributed by atoms with Gasteiger partial charge in [0.1, 0.15) is 10.6 Å². The van der Waals surface area contributed by atoms with Gasteiger partial charge in [-0.2, -0.15) is 0 Å². The molecule has 2 aromatic carbocycles. The second-order valence-electron chi connectivity index (χ2n) is 7.41. The number of imidazole rings is 1. The fourth-order valence-electron chi connectivity index (χ4n) is 3.65. The van der Waals surface area contributed by atoms with Crippen molar-refractivity contribution in [2.45, 2.75) is 19.9 Å². The van der Waals surface area contributed by atoms with Gasteiger partial charge in [-0.05, 0) is 37.6 Å². The molecule has 0 aliphatic rings. The molecule has 1 amide bonds. The van der Waals surface area contributed by atoms with Gasteiger partial charge in [-0.3, -0.25) is 9.69 Å².